The van der Waals surface area contributed by atoms with Gasteiger partial charge in [-0.3, -0.25) is 14.9 Å². The molecular weight excluding hydrogens is 441 g/mol. The van der Waals surface area contributed by atoms with Gasteiger partial charge in [0, 0.05) is 28.3 Å². The molecular formula is C22H13F3N4O2S. The lowest BCUT2D eigenvalue weighted by atomic mass is 9.97. The van der Waals surface area contributed by atoms with Gasteiger partial charge in [-0.05, 0) is 18.2 Å². The highest BCUT2D eigenvalue weighted by molar-refractivity contribution is 7.13. The van der Waals surface area contributed by atoms with Crippen molar-refractivity contribution in [2.24, 2.45) is 0 Å². The monoisotopic (exact) mass is 454 g/mol. The smallest absolute Gasteiger partial charge is 0.296 e. The molecule has 6 nitrogen and oxygen atoms in total. The van der Waals surface area contributed by atoms with Gasteiger partial charge in [0.1, 0.15) is 0 Å². The zero-order chi connectivity index (χ0) is 22.7. The molecule has 160 valence electrons. The molecule has 0 saturated heterocycles. The summed E-state index contributed by atoms with van der Waals surface area (Å²) in [5.74, 6) is -1.19. The first-order valence-electron chi connectivity index (χ1n) is 9.19. The fourth-order valence-corrected chi connectivity index (χ4v) is 3.45. The molecule has 10 heteroatoms. The van der Waals surface area contributed by atoms with E-state index in [1.165, 1.54) is 41.7 Å². The summed E-state index contributed by atoms with van der Waals surface area (Å²) in [5, 5.41) is 12.7. The number of alkyl halides is 3. The number of halogens is 3. The van der Waals surface area contributed by atoms with Crippen molar-refractivity contribution in [3.63, 3.8) is 0 Å². The number of carbonyl (C=O) groups is 2. The molecule has 0 spiro atoms. The molecule has 32 heavy (non-hydrogen) atoms. The number of amides is 1. The molecule has 2 aromatic heterocycles. The van der Waals surface area contributed by atoms with Crippen molar-refractivity contribution in [2.75, 3.05) is 5.32 Å². The summed E-state index contributed by atoms with van der Waals surface area (Å²) in [7, 11) is 0. The van der Waals surface area contributed by atoms with Gasteiger partial charge in [0.25, 0.3) is 5.91 Å². The molecule has 0 aliphatic rings. The van der Waals surface area contributed by atoms with Crippen molar-refractivity contribution in [1.29, 1.82) is 0 Å². The SMILES string of the molecule is O=C(Nc1nccs1)c1ccc(-c2ccc(C(=O)c3ccccc3C(F)(F)F)cc2)nn1. The van der Waals surface area contributed by atoms with Gasteiger partial charge in [0.2, 0.25) is 0 Å². The number of aromatic nitrogens is 3. The molecule has 4 rings (SSSR count). The zero-order valence-electron chi connectivity index (χ0n) is 16.1. The second kappa shape index (κ2) is 8.67. The number of thiazole rings is 1. The van der Waals surface area contributed by atoms with Gasteiger partial charge in [0.05, 0.1) is 11.3 Å². The van der Waals surface area contributed by atoms with Crippen molar-refractivity contribution >= 4 is 28.2 Å². The molecule has 0 radical (unpaired) electrons. The number of carbonyl (C=O) groups excluding carboxylic acids is 2. The van der Waals surface area contributed by atoms with Crippen LogP contribution in [0.25, 0.3) is 11.3 Å². The number of rotatable bonds is 5. The van der Waals surface area contributed by atoms with E-state index in [1.54, 1.807) is 29.8 Å². The van der Waals surface area contributed by atoms with E-state index in [1.807, 2.05) is 0 Å². The summed E-state index contributed by atoms with van der Waals surface area (Å²) in [6.45, 7) is 0. The van der Waals surface area contributed by atoms with Gasteiger partial charge in [0.15, 0.2) is 16.6 Å². The lowest BCUT2D eigenvalue weighted by molar-refractivity contribution is -0.137. The molecule has 0 aliphatic heterocycles. The van der Waals surface area contributed by atoms with Crippen molar-refractivity contribution < 1.29 is 22.8 Å². The minimum absolute atomic E-state index is 0.0968. The quantitative estimate of drug-likeness (QED) is 0.424. The second-order valence-electron chi connectivity index (χ2n) is 6.55. The Balaban J connectivity index is 1.52. The van der Waals surface area contributed by atoms with Crippen LogP contribution in [0.2, 0.25) is 0 Å². The van der Waals surface area contributed by atoms with Crippen molar-refractivity contribution in [3.8, 4) is 11.3 Å². The van der Waals surface area contributed by atoms with Crippen LogP contribution in [0, 0.1) is 0 Å². The molecule has 1 N–H and O–H groups in total. The zero-order valence-corrected chi connectivity index (χ0v) is 16.9. The van der Waals surface area contributed by atoms with E-state index in [4.69, 9.17) is 0 Å². The van der Waals surface area contributed by atoms with Gasteiger partial charge in [-0.25, -0.2) is 4.98 Å². The number of hydrogen-bond donors (Lipinski definition) is 1. The van der Waals surface area contributed by atoms with E-state index >= 15 is 0 Å². The second-order valence-corrected chi connectivity index (χ2v) is 7.44. The Morgan fingerprint density at radius 3 is 2.28 bits per heavy atom. The summed E-state index contributed by atoms with van der Waals surface area (Å²) in [4.78, 5) is 28.7. The molecule has 0 unspecified atom stereocenters. The number of benzene rings is 2. The Labute approximate surface area is 183 Å². The molecule has 0 aliphatic carbocycles. The highest BCUT2D eigenvalue weighted by Crippen LogP contribution is 2.33. The molecule has 0 bridgehead atoms. The Hall–Kier alpha value is -3.92. The van der Waals surface area contributed by atoms with Crippen molar-refractivity contribution in [2.45, 2.75) is 6.18 Å². The van der Waals surface area contributed by atoms with Gasteiger partial charge < -0.3 is 0 Å². The largest absolute Gasteiger partial charge is 0.417 e. The first kappa shape index (κ1) is 21.3. The number of hydrogen-bond acceptors (Lipinski definition) is 6. The minimum atomic E-state index is -4.63. The summed E-state index contributed by atoms with van der Waals surface area (Å²) in [6.07, 6.45) is -3.07. The predicted molar refractivity (Wildman–Crippen MR) is 112 cm³/mol. The predicted octanol–water partition coefficient (Wildman–Crippen LogP) is 5.10. The van der Waals surface area contributed by atoms with Gasteiger partial charge in [-0.15, -0.1) is 21.5 Å². The third-order valence-corrected chi connectivity index (χ3v) is 5.16. The van der Waals surface area contributed by atoms with E-state index < -0.39 is 29.0 Å². The summed E-state index contributed by atoms with van der Waals surface area (Å²) in [6, 6.07) is 13.7. The maximum Gasteiger partial charge on any atom is 0.417 e. The lowest BCUT2D eigenvalue weighted by Crippen LogP contribution is -2.14. The lowest BCUT2D eigenvalue weighted by Gasteiger charge is -2.12. The molecule has 2 heterocycles. The first-order chi connectivity index (χ1) is 15.3. The van der Waals surface area contributed by atoms with Crippen molar-refractivity contribution in [1.82, 2.24) is 15.2 Å². The van der Waals surface area contributed by atoms with Crippen LogP contribution in [0.1, 0.15) is 32.0 Å². The average molecular weight is 454 g/mol. The topological polar surface area (TPSA) is 84.8 Å². The van der Waals surface area contributed by atoms with Crippen LogP contribution in [0.15, 0.2) is 72.2 Å². The molecule has 0 atom stereocenters. The molecule has 0 fully saturated rings. The van der Waals surface area contributed by atoms with Gasteiger partial charge >= 0.3 is 6.18 Å². The summed E-state index contributed by atoms with van der Waals surface area (Å²) >= 11 is 1.27. The summed E-state index contributed by atoms with van der Waals surface area (Å²) < 4.78 is 39.6. The van der Waals surface area contributed by atoms with Crippen LogP contribution in [-0.4, -0.2) is 26.9 Å². The number of nitrogens with zero attached hydrogens (tertiary/aromatic N) is 3. The van der Waals surface area contributed by atoms with E-state index in [9.17, 15) is 22.8 Å². The first-order valence-corrected chi connectivity index (χ1v) is 10.1. The van der Waals surface area contributed by atoms with E-state index in [0.29, 0.717) is 16.4 Å². The molecule has 0 saturated carbocycles. The van der Waals surface area contributed by atoms with E-state index in [0.717, 1.165) is 12.1 Å². The van der Waals surface area contributed by atoms with E-state index in [2.05, 4.69) is 20.5 Å². The van der Waals surface area contributed by atoms with Crippen LogP contribution < -0.4 is 5.32 Å². The van der Waals surface area contributed by atoms with E-state index in [-0.39, 0.29) is 11.3 Å². The third kappa shape index (κ3) is 4.54. The average Bonchev–Trinajstić information content (AvgIpc) is 3.31. The standard InChI is InChI=1S/C22H13F3N4O2S/c23-22(24,25)16-4-2-1-3-15(16)19(30)14-7-5-13(6-8-14)17-9-10-18(29-28-17)20(31)27-21-26-11-12-32-21/h1-12H,(H,26,27,31). The number of anilines is 1. The maximum absolute atomic E-state index is 13.2. The highest BCUT2D eigenvalue weighted by atomic mass is 32.1. The van der Waals surface area contributed by atoms with Crippen LogP contribution in [0.3, 0.4) is 0 Å². The van der Waals surface area contributed by atoms with Crippen molar-refractivity contribution in [3.05, 3.63) is 94.6 Å². The fourth-order valence-electron chi connectivity index (χ4n) is 2.93. The molecule has 1 amide bonds. The minimum Gasteiger partial charge on any atom is -0.296 e. The molecule has 4 aromatic rings. The normalized spacial score (nSPS) is 11.2. The Kier molecular flexibility index (Phi) is 5.78. The van der Waals surface area contributed by atoms with Gasteiger partial charge in [-0.2, -0.15) is 13.2 Å². The van der Waals surface area contributed by atoms with Crippen LogP contribution >= 0.6 is 11.3 Å². The van der Waals surface area contributed by atoms with Gasteiger partial charge in [-0.1, -0.05) is 42.5 Å². The maximum atomic E-state index is 13.2. The fraction of sp³-hybridized carbons (Fsp3) is 0.0455. The Bertz CT molecular complexity index is 1260. The Morgan fingerprint density at radius 1 is 0.906 bits per heavy atom. The van der Waals surface area contributed by atoms with Crippen LogP contribution in [0.4, 0.5) is 18.3 Å². The van der Waals surface area contributed by atoms with Crippen LogP contribution in [0.5, 0.6) is 0 Å². The highest BCUT2D eigenvalue weighted by Gasteiger charge is 2.34. The molecule has 2 aromatic carbocycles. The number of ketones is 1. The van der Waals surface area contributed by atoms with Crippen LogP contribution in [-0.2, 0) is 6.18 Å². The third-order valence-electron chi connectivity index (χ3n) is 4.47. The number of nitrogens with one attached hydrogen (secondary N) is 1. The summed E-state index contributed by atoms with van der Waals surface area (Å²) in [5.41, 5.74) is -0.164. The Morgan fingerprint density at radius 2 is 1.66 bits per heavy atom.